The predicted molar refractivity (Wildman–Crippen MR) is 76.7 cm³/mol. The summed E-state index contributed by atoms with van der Waals surface area (Å²) in [5, 5.41) is 11.4. The maximum atomic E-state index is 5.25. The van der Waals surface area contributed by atoms with Gasteiger partial charge in [-0.15, -0.1) is 0 Å². The van der Waals surface area contributed by atoms with Crippen LogP contribution < -0.4 is 5.32 Å². The number of rotatable bonds is 7. The van der Waals surface area contributed by atoms with Gasteiger partial charge in [0.05, 0.1) is 31.2 Å². The van der Waals surface area contributed by atoms with Crippen LogP contribution in [-0.4, -0.2) is 33.6 Å². The van der Waals surface area contributed by atoms with Crippen molar-refractivity contribution in [1.82, 2.24) is 25.2 Å². The van der Waals surface area contributed by atoms with Crippen molar-refractivity contribution >= 4 is 0 Å². The highest BCUT2D eigenvalue weighted by molar-refractivity contribution is 5.44. The number of aromatic nitrogens is 4. The summed E-state index contributed by atoms with van der Waals surface area (Å²) < 4.78 is 17.5. The van der Waals surface area contributed by atoms with E-state index in [1.807, 2.05) is 13.1 Å². The van der Waals surface area contributed by atoms with Crippen LogP contribution in [0.1, 0.15) is 17.6 Å². The first-order valence-corrected chi connectivity index (χ1v) is 6.84. The van der Waals surface area contributed by atoms with Crippen LogP contribution in [0.25, 0.3) is 11.6 Å². The molecule has 22 heavy (non-hydrogen) atoms. The zero-order valence-electron chi connectivity index (χ0n) is 12.4. The molecule has 0 bridgehead atoms. The first-order chi connectivity index (χ1) is 10.8. The molecule has 0 unspecified atom stereocenters. The summed E-state index contributed by atoms with van der Waals surface area (Å²) >= 11 is 0. The maximum Gasteiger partial charge on any atom is 0.241 e. The molecule has 116 valence electrons. The molecule has 0 saturated heterocycles. The Morgan fingerprint density at radius 2 is 2.32 bits per heavy atom. The smallest absolute Gasteiger partial charge is 0.241 e. The van der Waals surface area contributed by atoms with Crippen LogP contribution in [0.3, 0.4) is 0 Å². The van der Waals surface area contributed by atoms with Crippen LogP contribution >= 0.6 is 0 Å². The van der Waals surface area contributed by atoms with Gasteiger partial charge in [-0.05, 0) is 18.2 Å². The summed E-state index contributed by atoms with van der Waals surface area (Å²) in [4.78, 5) is 4.29. The monoisotopic (exact) mass is 303 g/mol. The Morgan fingerprint density at radius 3 is 3.00 bits per heavy atom. The lowest BCUT2D eigenvalue weighted by Gasteiger charge is -2.17. The zero-order chi connectivity index (χ0) is 15.4. The van der Waals surface area contributed by atoms with E-state index < -0.39 is 0 Å². The second kappa shape index (κ2) is 6.54. The molecule has 0 saturated carbocycles. The minimum Gasteiger partial charge on any atom is -0.461 e. The highest BCUT2D eigenvalue weighted by Gasteiger charge is 2.17. The number of methoxy groups -OCH3 is 1. The average Bonchev–Trinajstić information content (AvgIpc) is 3.24. The van der Waals surface area contributed by atoms with Crippen LogP contribution in [-0.2, 0) is 18.3 Å². The highest BCUT2D eigenvalue weighted by Crippen LogP contribution is 2.17. The normalized spacial score (nSPS) is 12.6. The molecule has 1 N–H and O–H groups in total. The fourth-order valence-electron chi connectivity index (χ4n) is 2.18. The first-order valence-electron chi connectivity index (χ1n) is 6.84. The third-order valence-electron chi connectivity index (χ3n) is 3.26. The van der Waals surface area contributed by atoms with Gasteiger partial charge in [-0.2, -0.15) is 10.1 Å². The lowest BCUT2D eigenvalue weighted by Crippen LogP contribution is -2.27. The first kappa shape index (κ1) is 14.5. The van der Waals surface area contributed by atoms with Crippen molar-refractivity contribution in [3.63, 3.8) is 0 Å². The average molecular weight is 303 g/mol. The second-order valence-corrected chi connectivity index (χ2v) is 4.76. The van der Waals surface area contributed by atoms with Gasteiger partial charge in [0.25, 0.3) is 0 Å². The van der Waals surface area contributed by atoms with E-state index in [9.17, 15) is 0 Å². The van der Waals surface area contributed by atoms with Crippen LogP contribution in [0.15, 0.2) is 39.6 Å². The van der Waals surface area contributed by atoms with E-state index in [1.165, 1.54) is 0 Å². The molecule has 1 atom stereocenters. The fourth-order valence-corrected chi connectivity index (χ4v) is 2.18. The van der Waals surface area contributed by atoms with Crippen molar-refractivity contribution in [3.8, 4) is 11.6 Å². The molecule has 3 aromatic heterocycles. The van der Waals surface area contributed by atoms with Crippen molar-refractivity contribution in [1.29, 1.82) is 0 Å². The molecule has 3 aromatic rings. The topological polar surface area (TPSA) is 91.1 Å². The van der Waals surface area contributed by atoms with Crippen LogP contribution in [0, 0.1) is 0 Å². The minimum atomic E-state index is -0.0172. The van der Waals surface area contributed by atoms with Crippen LogP contribution in [0.5, 0.6) is 0 Å². The Balaban J connectivity index is 1.66. The Hall–Kier alpha value is -2.45. The van der Waals surface area contributed by atoms with Crippen LogP contribution in [0.2, 0.25) is 0 Å². The van der Waals surface area contributed by atoms with Gasteiger partial charge in [-0.1, -0.05) is 5.16 Å². The van der Waals surface area contributed by atoms with Crippen molar-refractivity contribution in [3.05, 3.63) is 42.2 Å². The number of hydrogen-bond acceptors (Lipinski definition) is 7. The Morgan fingerprint density at radius 1 is 1.41 bits per heavy atom. The lowest BCUT2D eigenvalue weighted by atomic mass is 10.2. The molecule has 0 spiro atoms. The molecule has 0 radical (unpaired) electrons. The number of aryl methyl sites for hydroxylation is 1. The predicted octanol–water partition coefficient (Wildman–Crippen LogP) is 1.54. The van der Waals surface area contributed by atoms with Gasteiger partial charge in [0.15, 0.2) is 5.76 Å². The number of ether oxygens (including phenoxy) is 1. The van der Waals surface area contributed by atoms with Gasteiger partial charge < -0.3 is 13.7 Å². The standard InChI is InChI=1S/C14H17N5O3/c1-19-11(5-6-16-19)10(9-20-2)15-8-13-17-14(18-22-13)12-4-3-7-21-12/h3-7,10,15H,8-9H2,1-2H3/t10-/m0/s1. The van der Waals surface area contributed by atoms with Crippen molar-refractivity contribution in [2.45, 2.75) is 12.6 Å². The van der Waals surface area contributed by atoms with E-state index in [1.54, 1.807) is 36.4 Å². The molecule has 0 fully saturated rings. The summed E-state index contributed by atoms with van der Waals surface area (Å²) in [5.74, 6) is 1.50. The lowest BCUT2D eigenvalue weighted by molar-refractivity contribution is 0.161. The molecule has 3 heterocycles. The molecule has 8 heteroatoms. The summed E-state index contributed by atoms with van der Waals surface area (Å²) in [5.41, 5.74) is 1.02. The molecule has 0 amide bonds. The molecule has 8 nitrogen and oxygen atoms in total. The van der Waals surface area contributed by atoms with E-state index in [4.69, 9.17) is 13.7 Å². The second-order valence-electron chi connectivity index (χ2n) is 4.76. The van der Waals surface area contributed by atoms with Gasteiger partial charge in [-0.25, -0.2) is 0 Å². The Bertz CT molecular complexity index is 704. The quantitative estimate of drug-likeness (QED) is 0.708. The van der Waals surface area contributed by atoms with E-state index in [2.05, 4.69) is 20.6 Å². The van der Waals surface area contributed by atoms with Crippen molar-refractivity contribution < 1.29 is 13.7 Å². The van der Waals surface area contributed by atoms with Gasteiger partial charge >= 0.3 is 0 Å². The highest BCUT2D eigenvalue weighted by atomic mass is 16.5. The van der Waals surface area contributed by atoms with Crippen molar-refractivity contribution in [2.24, 2.45) is 7.05 Å². The Labute approximate surface area is 127 Å². The van der Waals surface area contributed by atoms with Crippen molar-refractivity contribution in [2.75, 3.05) is 13.7 Å². The third-order valence-corrected chi connectivity index (χ3v) is 3.26. The van der Waals surface area contributed by atoms with E-state index in [0.29, 0.717) is 30.6 Å². The van der Waals surface area contributed by atoms with Gasteiger partial charge in [-0.3, -0.25) is 10.00 Å². The number of furan rings is 1. The number of hydrogen-bond donors (Lipinski definition) is 1. The summed E-state index contributed by atoms with van der Waals surface area (Å²) in [6, 6.07) is 5.49. The number of nitrogens with one attached hydrogen (secondary N) is 1. The summed E-state index contributed by atoms with van der Waals surface area (Å²) in [6.45, 7) is 0.936. The van der Waals surface area contributed by atoms with Crippen LogP contribution in [0.4, 0.5) is 0 Å². The fraction of sp³-hybridized carbons (Fsp3) is 0.357. The third kappa shape index (κ3) is 3.07. The molecular formula is C14H17N5O3. The SMILES string of the molecule is COC[C@H](NCc1nc(-c2ccco2)no1)c1ccnn1C. The number of nitrogens with zero attached hydrogens (tertiary/aromatic N) is 4. The molecule has 3 rings (SSSR count). The molecule has 0 aliphatic rings. The largest absolute Gasteiger partial charge is 0.461 e. The Kier molecular flexibility index (Phi) is 4.31. The maximum absolute atomic E-state index is 5.25. The molecule has 0 aliphatic heterocycles. The minimum absolute atomic E-state index is 0.0172. The zero-order valence-corrected chi connectivity index (χ0v) is 12.4. The van der Waals surface area contributed by atoms with E-state index >= 15 is 0 Å². The van der Waals surface area contributed by atoms with E-state index in [0.717, 1.165) is 5.69 Å². The van der Waals surface area contributed by atoms with Gasteiger partial charge in [0, 0.05) is 20.4 Å². The molecular weight excluding hydrogens is 286 g/mol. The van der Waals surface area contributed by atoms with E-state index in [-0.39, 0.29) is 6.04 Å². The van der Waals surface area contributed by atoms with Gasteiger partial charge in [0.1, 0.15) is 0 Å². The summed E-state index contributed by atoms with van der Waals surface area (Å²) in [7, 11) is 3.55. The summed E-state index contributed by atoms with van der Waals surface area (Å²) in [6.07, 6.45) is 3.32. The molecule has 0 aliphatic carbocycles. The molecule has 0 aromatic carbocycles. The van der Waals surface area contributed by atoms with Gasteiger partial charge in [0.2, 0.25) is 11.7 Å².